The van der Waals surface area contributed by atoms with Gasteiger partial charge in [-0.25, -0.2) is 14.4 Å². The lowest BCUT2D eigenvalue weighted by Gasteiger charge is -2.17. The minimum atomic E-state index is -1.49. The Morgan fingerprint density at radius 2 is 1.14 bits per heavy atom. The summed E-state index contributed by atoms with van der Waals surface area (Å²) >= 11 is 0. The van der Waals surface area contributed by atoms with Gasteiger partial charge in [0.15, 0.2) is 6.79 Å². The summed E-state index contributed by atoms with van der Waals surface area (Å²) in [5.74, 6) is -4.41. The van der Waals surface area contributed by atoms with Crippen LogP contribution in [0.1, 0.15) is 31.1 Å². The molecule has 0 unspecified atom stereocenters. The van der Waals surface area contributed by atoms with Crippen molar-refractivity contribution >= 4 is 17.9 Å². The third kappa shape index (κ3) is 3.81. The van der Waals surface area contributed by atoms with E-state index in [4.69, 9.17) is 19.3 Å². The number of rotatable bonds is 8. The summed E-state index contributed by atoms with van der Waals surface area (Å²) in [6, 6.07) is 4.44. The molecule has 0 aliphatic carbocycles. The Morgan fingerprint density at radius 1 is 0.714 bits per heavy atom. The van der Waals surface area contributed by atoms with Crippen LogP contribution < -0.4 is 14.2 Å². The highest BCUT2D eigenvalue weighted by Gasteiger charge is 2.24. The normalized spacial score (nSPS) is 10.2. The lowest BCUT2D eigenvalue weighted by molar-refractivity contribution is 0.0651. The van der Waals surface area contributed by atoms with Crippen LogP contribution in [0.5, 0.6) is 17.2 Å². The summed E-state index contributed by atoms with van der Waals surface area (Å²) in [5, 5.41) is 37.0. The summed E-state index contributed by atoms with van der Waals surface area (Å²) in [5.41, 5.74) is -1.11. The quantitative estimate of drug-likeness (QED) is 0.488. The highest BCUT2D eigenvalue weighted by molar-refractivity contribution is 6.04. The zero-order valence-corrected chi connectivity index (χ0v) is 14.8. The summed E-state index contributed by atoms with van der Waals surface area (Å²) in [7, 11) is 2.54. The van der Waals surface area contributed by atoms with Crippen molar-refractivity contribution in [1.82, 2.24) is 0 Å². The molecule has 2 aromatic carbocycles. The van der Waals surface area contributed by atoms with Gasteiger partial charge in [-0.15, -0.1) is 0 Å². The second-order valence-electron chi connectivity index (χ2n) is 5.34. The topological polar surface area (TPSA) is 160 Å². The van der Waals surface area contributed by atoms with Gasteiger partial charge in [0.05, 0.1) is 25.3 Å². The number of carbonyl (C=O) groups is 3. The molecule has 2 rings (SSSR count). The van der Waals surface area contributed by atoms with Crippen molar-refractivity contribution < 1.29 is 49.0 Å². The maximum absolute atomic E-state index is 11.5. The lowest BCUT2D eigenvalue weighted by atomic mass is 9.95. The standard InChI is InChI=1S/C18H16O10/c1-26-13-5-11(17(22)23)10(16(20)21)3-8(13)9-4-12(18(24)25)15(28-7-19)6-14(9)27-2/h3-6,19H,7H2,1-2H3,(H,20,21)(H,22,23)(H,24,25). The van der Waals surface area contributed by atoms with E-state index in [2.05, 4.69) is 0 Å². The molecule has 10 heteroatoms. The Bertz CT molecular complexity index is 948. The van der Waals surface area contributed by atoms with Crippen LogP contribution in [-0.4, -0.2) is 59.3 Å². The van der Waals surface area contributed by atoms with E-state index in [1.54, 1.807) is 0 Å². The van der Waals surface area contributed by atoms with E-state index in [1.165, 1.54) is 20.3 Å². The van der Waals surface area contributed by atoms with Crippen LogP contribution in [0.15, 0.2) is 24.3 Å². The number of hydrogen-bond acceptors (Lipinski definition) is 7. The maximum Gasteiger partial charge on any atom is 0.339 e. The molecule has 0 aliphatic heterocycles. The van der Waals surface area contributed by atoms with Crippen LogP contribution in [0, 0.1) is 0 Å². The number of hydrogen-bond donors (Lipinski definition) is 4. The molecule has 28 heavy (non-hydrogen) atoms. The van der Waals surface area contributed by atoms with Crippen molar-refractivity contribution in [2.75, 3.05) is 21.0 Å². The number of benzene rings is 2. The first-order valence-electron chi connectivity index (χ1n) is 7.63. The zero-order chi connectivity index (χ0) is 21.0. The number of aliphatic hydroxyl groups is 1. The van der Waals surface area contributed by atoms with Crippen LogP contribution in [-0.2, 0) is 0 Å². The average Bonchev–Trinajstić information content (AvgIpc) is 2.66. The van der Waals surface area contributed by atoms with Gasteiger partial charge < -0.3 is 34.6 Å². The minimum absolute atomic E-state index is 0.00661. The fourth-order valence-electron chi connectivity index (χ4n) is 2.61. The molecule has 0 saturated carbocycles. The molecule has 10 nitrogen and oxygen atoms in total. The smallest absolute Gasteiger partial charge is 0.339 e. The summed E-state index contributed by atoms with van der Waals surface area (Å²) in [6.07, 6.45) is 0. The number of methoxy groups -OCH3 is 2. The van der Waals surface area contributed by atoms with Gasteiger partial charge in [-0.2, -0.15) is 0 Å². The summed E-state index contributed by atoms with van der Waals surface area (Å²) in [4.78, 5) is 34.4. The van der Waals surface area contributed by atoms with Gasteiger partial charge in [-0.1, -0.05) is 0 Å². The van der Waals surface area contributed by atoms with Crippen LogP contribution in [0.4, 0.5) is 0 Å². The molecule has 0 bridgehead atoms. The van der Waals surface area contributed by atoms with E-state index < -0.39 is 35.8 Å². The third-order valence-electron chi connectivity index (χ3n) is 3.84. The van der Waals surface area contributed by atoms with Crippen LogP contribution in [0.25, 0.3) is 11.1 Å². The monoisotopic (exact) mass is 392 g/mol. The molecular formula is C18H16O10. The van der Waals surface area contributed by atoms with E-state index in [-0.39, 0.29) is 33.9 Å². The molecule has 0 saturated heterocycles. The van der Waals surface area contributed by atoms with Crippen molar-refractivity contribution in [3.8, 4) is 28.4 Å². The van der Waals surface area contributed by atoms with Crippen molar-refractivity contribution in [3.05, 3.63) is 41.0 Å². The molecular weight excluding hydrogens is 376 g/mol. The second-order valence-corrected chi connectivity index (χ2v) is 5.34. The molecule has 0 aliphatic rings. The highest BCUT2D eigenvalue weighted by Crippen LogP contribution is 2.41. The largest absolute Gasteiger partial charge is 0.496 e. The van der Waals surface area contributed by atoms with Gasteiger partial charge >= 0.3 is 17.9 Å². The van der Waals surface area contributed by atoms with Gasteiger partial charge in [0.1, 0.15) is 22.8 Å². The Labute approximate surface area is 158 Å². The maximum atomic E-state index is 11.5. The van der Waals surface area contributed by atoms with Crippen molar-refractivity contribution in [2.45, 2.75) is 0 Å². The fraction of sp³-hybridized carbons (Fsp3) is 0.167. The van der Waals surface area contributed by atoms with E-state index in [9.17, 15) is 29.7 Å². The fourth-order valence-corrected chi connectivity index (χ4v) is 2.61. The lowest BCUT2D eigenvalue weighted by Crippen LogP contribution is -2.10. The molecule has 0 spiro atoms. The van der Waals surface area contributed by atoms with E-state index >= 15 is 0 Å². The Balaban J connectivity index is 2.87. The van der Waals surface area contributed by atoms with Crippen molar-refractivity contribution in [3.63, 3.8) is 0 Å². The third-order valence-corrected chi connectivity index (χ3v) is 3.84. The molecule has 2 aromatic rings. The van der Waals surface area contributed by atoms with Gasteiger partial charge in [0.2, 0.25) is 0 Å². The molecule has 148 valence electrons. The molecule has 0 heterocycles. The Morgan fingerprint density at radius 3 is 1.57 bits per heavy atom. The van der Waals surface area contributed by atoms with Crippen molar-refractivity contribution in [2.24, 2.45) is 0 Å². The van der Waals surface area contributed by atoms with Gasteiger partial charge in [-0.3, -0.25) is 0 Å². The zero-order valence-electron chi connectivity index (χ0n) is 14.8. The number of aliphatic hydroxyl groups excluding tert-OH is 1. The molecule has 0 radical (unpaired) electrons. The highest BCUT2D eigenvalue weighted by atomic mass is 16.6. The predicted octanol–water partition coefficient (Wildman–Crippen LogP) is 1.79. The second kappa shape index (κ2) is 8.27. The first-order chi connectivity index (χ1) is 13.2. The number of ether oxygens (including phenoxy) is 3. The summed E-state index contributed by atoms with van der Waals surface area (Å²) in [6.45, 7) is -0.775. The van der Waals surface area contributed by atoms with Gasteiger partial charge in [0, 0.05) is 17.2 Å². The van der Waals surface area contributed by atoms with E-state index in [0.29, 0.717) is 0 Å². The Hall–Kier alpha value is -3.79. The molecule has 0 atom stereocenters. The number of carboxylic acids is 3. The predicted molar refractivity (Wildman–Crippen MR) is 93.6 cm³/mol. The van der Waals surface area contributed by atoms with Gasteiger partial charge in [-0.05, 0) is 18.2 Å². The SMILES string of the molecule is COc1cc(OCO)c(C(=O)O)cc1-c1cc(C(=O)O)c(C(=O)O)cc1OC. The molecule has 0 fully saturated rings. The first-order valence-corrected chi connectivity index (χ1v) is 7.63. The average molecular weight is 392 g/mol. The molecule has 0 aromatic heterocycles. The molecule has 0 amide bonds. The molecule has 4 N–H and O–H groups in total. The van der Waals surface area contributed by atoms with Crippen molar-refractivity contribution in [1.29, 1.82) is 0 Å². The van der Waals surface area contributed by atoms with Gasteiger partial charge in [0.25, 0.3) is 0 Å². The first kappa shape index (κ1) is 20.5. The number of carboxylic acid groups (broad SMARTS) is 3. The Kier molecular flexibility index (Phi) is 6.06. The van der Waals surface area contributed by atoms with E-state index in [0.717, 1.165) is 18.2 Å². The van der Waals surface area contributed by atoms with E-state index in [1.807, 2.05) is 0 Å². The summed E-state index contributed by atoms with van der Waals surface area (Å²) < 4.78 is 15.3. The minimum Gasteiger partial charge on any atom is -0.496 e. The number of aromatic carboxylic acids is 3. The van der Waals surface area contributed by atoms with Crippen LogP contribution in [0.3, 0.4) is 0 Å². The van der Waals surface area contributed by atoms with Crippen LogP contribution >= 0.6 is 0 Å². The van der Waals surface area contributed by atoms with Crippen LogP contribution in [0.2, 0.25) is 0 Å².